The second-order valence-electron chi connectivity index (χ2n) is 4.25. The van der Waals surface area contributed by atoms with Crippen LogP contribution in [0.2, 0.25) is 0 Å². The van der Waals surface area contributed by atoms with E-state index in [1.807, 2.05) is 17.5 Å². The van der Waals surface area contributed by atoms with Crippen LogP contribution in [0, 0.1) is 0 Å². The van der Waals surface area contributed by atoms with E-state index < -0.39 is 6.04 Å². The minimum atomic E-state index is -0.582. The van der Waals surface area contributed by atoms with Gasteiger partial charge in [0.1, 0.15) is 6.04 Å². The Balaban J connectivity index is 1.82. The van der Waals surface area contributed by atoms with Crippen molar-refractivity contribution in [2.45, 2.75) is 19.5 Å². The van der Waals surface area contributed by atoms with E-state index in [1.54, 1.807) is 31.5 Å². The normalized spacial score (nSPS) is 11.7. The fourth-order valence-electron chi connectivity index (χ4n) is 1.59. The summed E-state index contributed by atoms with van der Waals surface area (Å²) in [6.45, 7) is 2.05. The Kier molecular flexibility index (Phi) is 4.84. The van der Waals surface area contributed by atoms with Crippen LogP contribution in [0.15, 0.2) is 42.0 Å². The van der Waals surface area contributed by atoms with E-state index in [0.717, 1.165) is 5.56 Å². The van der Waals surface area contributed by atoms with Crippen molar-refractivity contribution in [3.05, 3.63) is 52.5 Å². The lowest BCUT2D eigenvalue weighted by molar-refractivity contribution is -0.122. The quantitative estimate of drug-likeness (QED) is 0.878. The van der Waals surface area contributed by atoms with Gasteiger partial charge in [-0.15, -0.1) is 11.3 Å². The highest BCUT2D eigenvalue weighted by Crippen LogP contribution is 2.08. The van der Waals surface area contributed by atoms with Crippen LogP contribution < -0.4 is 10.6 Å². The average molecular weight is 289 g/mol. The number of rotatable bonds is 5. The van der Waals surface area contributed by atoms with Crippen molar-refractivity contribution in [3.8, 4) is 0 Å². The highest BCUT2D eigenvalue weighted by atomic mass is 32.1. The Morgan fingerprint density at radius 1 is 1.35 bits per heavy atom. The number of carbonyl (C=O) groups excluding carboxylic acids is 2. The van der Waals surface area contributed by atoms with Gasteiger partial charge in [0.2, 0.25) is 5.91 Å². The zero-order valence-corrected chi connectivity index (χ0v) is 11.8. The molecule has 0 saturated carbocycles. The first kappa shape index (κ1) is 14.2. The van der Waals surface area contributed by atoms with E-state index in [-0.39, 0.29) is 11.8 Å². The van der Waals surface area contributed by atoms with Crippen molar-refractivity contribution >= 4 is 23.2 Å². The molecule has 5 nitrogen and oxygen atoms in total. The lowest BCUT2D eigenvalue weighted by Gasteiger charge is -2.13. The number of hydrogen-bond donors (Lipinski definition) is 2. The topological polar surface area (TPSA) is 71.1 Å². The van der Waals surface area contributed by atoms with Crippen molar-refractivity contribution in [3.63, 3.8) is 0 Å². The zero-order chi connectivity index (χ0) is 14.4. The van der Waals surface area contributed by atoms with Crippen LogP contribution in [-0.4, -0.2) is 22.8 Å². The summed E-state index contributed by atoms with van der Waals surface area (Å²) in [5.74, 6) is -0.456. The van der Waals surface area contributed by atoms with Gasteiger partial charge in [-0.3, -0.25) is 14.6 Å². The van der Waals surface area contributed by atoms with Crippen LogP contribution in [-0.2, 0) is 11.3 Å². The van der Waals surface area contributed by atoms with Gasteiger partial charge in [0.05, 0.1) is 4.88 Å². The van der Waals surface area contributed by atoms with E-state index in [9.17, 15) is 9.59 Å². The van der Waals surface area contributed by atoms with Gasteiger partial charge < -0.3 is 10.6 Å². The fraction of sp³-hybridized carbons (Fsp3) is 0.214. The van der Waals surface area contributed by atoms with Crippen LogP contribution in [0.3, 0.4) is 0 Å². The van der Waals surface area contributed by atoms with Crippen LogP contribution in [0.25, 0.3) is 0 Å². The molecule has 1 unspecified atom stereocenters. The molecule has 2 aromatic rings. The molecule has 2 aromatic heterocycles. The van der Waals surface area contributed by atoms with Gasteiger partial charge in [-0.2, -0.15) is 0 Å². The number of nitrogens with one attached hydrogen (secondary N) is 2. The molecule has 2 amide bonds. The molecule has 2 rings (SSSR count). The van der Waals surface area contributed by atoms with Crippen molar-refractivity contribution in [1.29, 1.82) is 0 Å². The Bertz CT molecular complexity index is 569. The summed E-state index contributed by atoms with van der Waals surface area (Å²) in [6.07, 6.45) is 3.37. The molecule has 6 heteroatoms. The van der Waals surface area contributed by atoms with Gasteiger partial charge in [-0.1, -0.05) is 12.1 Å². The van der Waals surface area contributed by atoms with E-state index in [1.165, 1.54) is 11.3 Å². The molecule has 0 aromatic carbocycles. The Morgan fingerprint density at radius 3 is 2.85 bits per heavy atom. The number of nitrogens with zero attached hydrogens (tertiary/aromatic N) is 1. The third kappa shape index (κ3) is 3.89. The molecule has 0 radical (unpaired) electrons. The number of amides is 2. The minimum absolute atomic E-state index is 0.223. The summed E-state index contributed by atoms with van der Waals surface area (Å²) in [4.78, 5) is 28.2. The highest BCUT2D eigenvalue weighted by molar-refractivity contribution is 7.12. The molecule has 0 aliphatic rings. The maximum Gasteiger partial charge on any atom is 0.261 e. The van der Waals surface area contributed by atoms with Gasteiger partial charge in [-0.25, -0.2) is 0 Å². The first-order chi connectivity index (χ1) is 9.66. The van der Waals surface area contributed by atoms with E-state index in [0.29, 0.717) is 11.4 Å². The lowest BCUT2D eigenvalue weighted by Crippen LogP contribution is -2.44. The lowest BCUT2D eigenvalue weighted by atomic mass is 10.2. The predicted octanol–water partition coefficient (Wildman–Crippen LogP) is 1.58. The molecule has 2 N–H and O–H groups in total. The SMILES string of the molecule is CC(NC(=O)c1cccs1)C(=O)NCc1cccnc1. The molecular weight excluding hydrogens is 274 g/mol. The van der Waals surface area contributed by atoms with Gasteiger partial charge in [0.15, 0.2) is 0 Å². The minimum Gasteiger partial charge on any atom is -0.350 e. The van der Waals surface area contributed by atoms with Crippen LogP contribution >= 0.6 is 11.3 Å². The predicted molar refractivity (Wildman–Crippen MR) is 77.3 cm³/mol. The van der Waals surface area contributed by atoms with Crippen LogP contribution in [0.4, 0.5) is 0 Å². The highest BCUT2D eigenvalue weighted by Gasteiger charge is 2.16. The molecule has 0 aliphatic heterocycles. The second-order valence-corrected chi connectivity index (χ2v) is 5.20. The summed E-state index contributed by atoms with van der Waals surface area (Å²) < 4.78 is 0. The molecule has 1 atom stereocenters. The third-order valence-corrected chi connectivity index (χ3v) is 3.54. The standard InChI is InChI=1S/C14H15N3O2S/c1-10(17-14(19)12-5-3-7-20-12)13(18)16-9-11-4-2-6-15-8-11/h2-8,10H,9H2,1H3,(H,16,18)(H,17,19). The number of pyridine rings is 1. The number of aromatic nitrogens is 1. The molecule has 0 bridgehead atoms. The second kappa shape index (κ2) is 6.81. The van der Waals surface area contributed by atoms with E-state index in [4.69, 9.17) is 0 Å². The van der Waals surface area contributed by atoms with Crippen LogP contribution in [0.5, 0.6) is 0 Å². The van der Waals surface area contributed by atoms with Gasteiger partial charge >= 0.3 is 0 Å². The summed E-state index contributed by atoms with van der Waals surface area (Å²) in [7, 11) is 0. The molecule has 0 spiro atoms. The molecule has 104 valence electrons. The zero-order valence-electron chi connectivity index (χ0n) is 11.0. The molecular formula is C14H15N3O2S. The molecule has 0 aliphatic carbocycles. The maximum atomic E-state index is 11.9. The summed E-state index contributed by atoms with van der Waals surface area (Å²) in [6, 6.07) is 6.62. The molecule has 2 heterocycles. The van der Waals surface area contributed by atoms with Crippen molar-refractivity contribution in [2.24, 2.45) is 0 Å². The number of thiophene rings is 1. The van der Waals surface area contributed by atoms with Gasteiger partial charge in [-0.05, 0) is 30.0 Å². The average Bonchev–Trinajstić information content (AvgIpc) is 3.00. The molecule has 0 fully saturated rings. The largest absolute Gasteiger partial charge is 0.350 e. The third-order valence-electron chi connectivity index (χ3n) is 2.68. The first-order valence-corrected chi connectivity index (χ1v) is 7.06. The fourth-order valence-corrected chi connectivity index (χ4v) is 2.21. The Labute approximate surface area is 121 Å². The van der Waals surface area contributed by atoms with Crippen molar-refractivity contribution < 1.29 is 9.59 Å². The monoisotopic (exact) mass is 289 g/mol. The molecule has 0 saturated heterocycles. The maximum absolute atomic E-state index is 11.9. The Hall–Kier alpha value is -2.21. The van der Waals surface area contributed by atoms with Crippen LogP contribution in [0.1, 0.15) is 22.2 Å². The summed E-state index contributed by atoms with van der Waals surface area (Å²) in [5, 5.41) is 7.24. The number of hydrogen-bond acceptors (Lipinski definition) is 4. The van der Waals surface area contributed by atoms with Crippen molar-refractivity contribution in [1.82, 2.24) is 15.6 Å². The van der Waals surface area contributed by atoms with Crippen molar-refractivity contribution in [2.75, 3.05) is 0 Å². The smallest absolute Gasteiger partial charge is 0.261 e. The van der Waals surface area contributed by atoms with Gasteiger partial charge in [0, 0.05) is 18.9 Å². The van der Waals surface area contributed by atoms with Gasteiger partial charge in [0.25, 0.3) is 5.91 Å². The summed E-state index contributed by atoms with van der Waals surface area (Å²) >= 11 is 1.34. The Morgan fingerprint density at radius 2 is 2.20 bits per heavy atom. The first-order valence-electron chi connectivity index (χ1n) is 6.18. The number of carbonyl (C=O) groups is 2. The van der Waals surface area contributed by atoms with E-state index in [2.05, 4.69) is 15.6 Å². The van der Waals surface area contributed by atoms with E-state index >= 15 is 0 Å². The summed E-state index contributed by atoms with van der Waals surface area (Å²) in [5.41, 5.74) is 0.914. The molecule has 20 heavy (non-hydrogen) atoms.